The van der Waals surface area contributed by atoms with E-state index in [1.54, 1.807) is 6.92 Å². The second kappa shape index (κ2) is 6.95. The lowest BCUT2D eigenvalue weighted by Gasteiger charge is -2.39. The quantitative estimate of drug-likeness (QED) is 0.875. The number of carbonyl (C=O) groups is 1. The molecule has 0 saturated carbocycles. The molecule has 27 heavy (non-hydrogen) atoms. The van der Waals surface area contributed by atoms with Gasteiger partial charge in [0.2, 0.25) is 5.91 Å². The first-order valence-corrected chi connectivity index (χ1v) is 9.25. The number of carbonyl (C=O) groups excluding carboxylic acids is 1. The van der Waals surface area contributed by atoms with Gasteiger partial charge in [-0.15, -0.1) is 0 Å². The lowest BCUT2D eigenvalue weighted by molar-refractivity contribution is -0.117. The monoisotopic (exact) mass is 361 g/mol. The van der Waals surface area contributed by atoms with Gasteiger partial charge in [-0.1, -0.05) is 12.1 Å². The zero-order chi connectivity index (χ0) is 19.0. The van der Waals surface area contributed by atoms with Gasteiger partial charge in [0.15, 0.2) is 0 Å². The van der Waals surface area contributed by atoms with Crippen LogP contribution in [0, 0.1) is 6.92 Å². The van der Waals surface area contributed by atoms with Gasteiger partial charge < -0.3 is 10.2 Å². The standard InChI is InChI=1S/C21H23N5O/c1-13-5-4-6-21(23-13)24-19-11-14(2)26(15(3)27)20-8-7-16(12-17(19)20)18-9-10-22-25-18/h4-9,12,14,19H,10-11H2,1-3H3,(H,23,24)/t14-,19+/m0/s1. The van der Waals surface area contributed by atoms with Gasteiger partial charge in [-0.3, -0.25) is 4.79 Å². The number of pyridine rings is 1. The molecule has 0 unspecified atom stereocenters. The summed E-state index contributed by atoms with van der Waals surface area (Å²) in [6, 6.07) is 12.3. The van der Waals surface area contributed by atoms with E-state index >= 15 is 0 Å². The minimum Gasteiger partial charge on any atom is -0.363 e. The number of hydrogen-bond donors (Lipinski definition) is 1. The largest absolute Gasteiger partial charge is 0.363 e. The number of nitrogens with one attached hydrogen (secondary N) is 1. The Morgan fingerprint density at radius 3 is 2.81 bits per heavy atom. The fourth-order valence-corrected chi connectivity index (χ4v) is 3.90. The molecule has 2 atom stereocenters. The average Bonchev–Trinajstić information content (AvgIpc) is 3.16. The van der Waals surface area contributed by atoms with E-state index in [0.717, 1.165) is 40.4 Å². The SMILES string of the molecule is CC(=O)N1c2ccc(C3=CCN=N3)cc2[C@H](Nc2cccc(C)n2)C[C@@H]1C. The van der Waals surface area contributed by atoms with Crippen molar-refractivity contribution in [3.8, 4) is 0 Å². The van der Waals surface area contributed by atoms with E-state index in [4.69, 9.17) is 0 Å². The topological polar surface area (TPSA) is 70.0 Å². The normalized spacial score (nSPS) is 21.0. The summed E-state index contributed by atoms with van der Waals surface area (Å²) >= 11 is 0. The van der Waals surface area contributed by atoms with Crippen LogP contribution < -0.4 is 10.2 Å². The van der Waals surface area contributed by atoms with Gasteiger partial charge in [0.1, 0.15) is 5.82 Å². The molecule has 0 spiro atoms. The second-order valence-corrected chi connectivity index (χ2v) is 7.12. The Morgan fingerprint density at radius 2 is 2.11 bits per heavy atom. The van der Waals surface area contributed by atoms with Crippen LogP contribution in [0.15, 0.2) is 52.7 Å². The molecular weight excluding hydrogens is 338 g/mol. The first-order chi connectivity index (χ1) is 13.0. The molecule has 4 rings (SSSR count). The van der Waals surface area contributed by atoms with Gasteiger partial charge in [0.05, 0.1) is 18.3 Å². The molecule has 0 bridgehead atoms. The summed E-state index contributed by atoms with van der Waals surface area (Å²) in [5, 5.41) is 11.8. The first kappa shape index (κ1) is 17.4. The Hall–Kier alpha value is -3.02. The van der Waals surface area contributed by atoms with Crippen LogP contribution in [-0.4, -0.2) is 23.5 Å². The molecular formula is C21H23N5O. The van der Waals surface area contributed by atoms with Crippen LogP contribution in [0.1, 0.15) is 43.1 Å². The molecule has 2 aliphatic heterocycles. The van der Waals surface area contributed by atoms with Crippen molar-refractivity contribution in [2.45, 2.75) is 39.3 Å². The number of hydrogen-bond acceptors (Lipinski definition) is 5. The fourth-order valence-electron chi connectivity index (χ4n) is 3.90. The van der Waals surface area contributed by atoms with Crippen LogP contribution in [-0.2, 0) is 4.79 Å². The van der Waals surface area contributed by atoms with Crippen molar-refractivity contribution in [3.05, 3.63) is 59.3 Å². The van der Waals surface area contributed by atoms with E-state index in [9.17, 15) is 4.79 Å². The van der Waals surface area contributed by atoms with E-state index in [1.807, 2.05) is 48.2 Å². The average molecular weight is 361 g/mol. The van der Waals surface area contributed by atoms with Crippen LogP contribution in [0.25, 0.3) is 5.70 Å². The molecule has 6 heteroatoms. The number of rotatable bonds is 3. The third-order valence-electron chi connectivity index (χ3n) is 5.07. The maximum Gasteiger partial charge on any atom is 0.224 e. The molecule has 0 radical (unpaired) electrons. The van der Waals surface area contributed by atoms with Gasteiger partial charge >= 0.3 is 0 Å². The number of aromatic nitrogens is 1. The number of amides is 1. The van der Waals surface area contributed by atoms with Crippen molar-refractivity contribution in [2.75, 3.05) is 16.8 Å². The molecule has 1 N–H and O–H groups in total. The van der Waals surface area contributed by atoms with Crippen LogP contribution >= 0.6 is 0 Å². The van der Waals surface area contributed by atoms with Crippen LogP contribution in [0.2, 0.25) is 0 Å². The highest BCUT2D eigenvalue weighted by Gasteiger charge is 2.33. The van der Waals surface area contributed by atoms with Crippen LogP contribution in [0.5, 0.6) is 0 Å². The van der Waals surface area contributed by atoms with Gasteiger partial charge in [0.25, 0.3) is 0 Å². The van der Waals surface area contributed by atoms with Crippen molar-refractivity contribution in [3.63, 3.8) is 0 Å². The minimum absolute atomic E-state index is 0.0587. The van der Waals surface area contributed by atoms with Crippen molar-refractivity contribution in [2.24, 2.45) is 10.2 Å². The molecule has 0 saturated heterocycles. The van der Waals surface area contributed by atoms with Gasteiger partial charge in [-0.2, -0.15) is 10.2 Å². The van der Waals surface area contributed by atoms with Crippen molar-refractivity contribution >= 4 is 23.1 Å². The minimum atomic E-state index is 0.0587. The Labute approximate surface area is 159 Å². The Morgan fingerprint density at radius 1 is 1.26 bits per heavy atom. The molecule has 1 amide bonds. The number of azo groups is 1. The summed E-state index contributed by atoms with van der Waals surface area (Å²) in [5.41, 5.74) is 4.92. The lowest BCUT2D eigenvalue weighted by Crippen LogP contribution is -2.43. The summed E-state index contributed by atoms with van der Waals surface area (Å²) < 4.78 is 0. The molecule has 3 heterocycles. The van der Waals surface area contributed by atoms with Gasteiger partial charge in [-0.25, -0.2) is 4.98 Å². The number of fused-ring (bicyclic) bond motifs is 1. The highest BCUT2D eigenvalue weighted by molar-refractivity contribution is 5.94. The molecule has 138 valence electrons. The van der Waals surface area contributed by atoms with Crippen LogP contribution in [0.4, 0.5) is 11.5 Å². The van der Waals surface area contributed by atoms with Crippen molar-refractivity contribution in [1.29, 1.82) is 0 Å². The summed E-state index contributed by atoms with van der Waals surface area (Å²) in [6.07, 6.45) is 2.83. The molecule has 2 aliphatic rings. The molecule has 6 nitrogen and oxygen atoms in total. The molecule has 0 fully saturated rings. The number of aryl methyl sites for hydroxylation is 1. The summed E-state index contributed by atoms with van der Waals surface area (Å²) in [7, 11) is 0. The highest BCUT2D eigenvalue weighted by Crippen LogP contribution is 2.40. The van der Waals surface area contributed by atoms with Crippen molar-refractivity contribution in [1.82, 2.24) is 4.98 Å². The van der Waals surface area contributed by atoms with E-state index in [-0.39, 0.29) is 18.0 Å². The highest BCUT2D eigenvalue weighted by atomic mass is 16.2. The lowest BCUT2D eigenvalue weighted by atomic mass is 9.89. The van der Waals surface area contributed by atoms with E-state index in [2.05, 4.69) is 33.5 Å². The molecule has 0 aliphatic carbocycles. The Bertz CT molecular complexity index is 949. The van der Waals surface area contributed by atoms with E-state index in [0.29, 0.717) is 6.54 Å². The predicted octanol–water partition coefficient (Wildman–Crippen LogP) is 4.50. The summed E-state index contributed by atoms with van der Waals surface area (Å²) in [5.74, 6) is 0.906. The maximum atomic E-state index is 12.3. The zero-order valence-electron chi connectivity index (χ0n) is 15.8. The third kappa shape index (κ3) is 3.35. The Balaban J connectivity index is 1.76. The van der Waals surface area contributed by atoms with E-state index < -0.39 is 0 Å². The second-order valence-electron chi connectivity index (χ2n) is 7.12. The van der Waals surface area contributed by atoms with Crippen LogP contribution in [0.3, 0.4) is 0 Å². The number of anilines is 2. The fraction of sp³-hybridized carbons (Fsp3) is 0.333. The number of benzene rings is 1. The summed E-state index contributed by atoms with van der Waals surface area (Å²) in [6.45, 7) is 6.32. The first-order valence-electron chi connectivity index (χ1n) is 9.25. The van der Waals surface area contributed by atoms with E-state index in [1.165, 1.54) is 0 Å². The molecule has 1 aromatic heterocycles. The predicted molar refractivity (Wildman–Crippen MR) is 107 cm³/mol. The number of nitrogens with zero attached hydrogens (tertiary/aromatic N) is 4. The maximum absolute atomic E-state index is 12.3. The molecule has 1 aromatic carbocycles. The zero-order valence-corrected chi connectivity index (χ0v) is 15.8. The Kier molecular flexibility index (Phi) is 4.48. The molecule has 2 aromatic rings. The smallest absolute Gasteiger partial charge is 0.224 e. The third-order valence-corrected chi connectivity index (χ3v) is 5.07. The van der Waals surface area contributed by atoms with Gasteiger partial charge in [-0.05, 0) is 56.2 Å². The summed E-state index contributed by atoms with van der Waals surface area (Å²) in [4.78, 5) is 18.7. The van der Waals surface area contributed by atoms with Crippen molar-refractivity contribution < 1.29 is 4.79 Å². The van der Waals surface area contributed by atoms with Gasteiger partial charge in [0, 0.05) is 29.9 Å².